The molecule has 0 aliphatic rings. The average molecular weight is 243 g/mol. The van der Waals surface area contributed by atoms with Gasteiger partial charge in [0.1, 0.15) is 5.82 Å². The molecule has 0 bridgehead atoms. The number of aryl methyl sites for hydroxylation is 2. The second-order valence-corrected chi connectivity index (χ2v) is 4.65. The van der Waals surface area contributed by atoms with Crippen LogP contribution in [0.2, 0.25) is 0 Å². The monoisotopic (exact) mass is 243 g/mol. The van der Waals surface area contributed by atoms with Gasteiger partial charge in [-0.3, -0.25) is 0 Å². The van der Waals surface area contributed by atoms with Crippen molar-refractivity contribution < 1.29 is 0 Å². The van der Waals surface area contributed by atoms with Crippen LogP contribution in [0.1, 0.15) is 29.6 Å². The number of aromatic nitrogens is 2. The lowest BCUT2D eigenvalue weighted by Crippen LogP contribution is -2.16. The molecule has 18 heavy (non-hydrogen) atoms. The normalized spacial score (nSPS) is 10.8. The van der Waals surface area contributed by atoms with Gasteiger partial charge in [-0.25, -0.2) is 4.98 Å². The van der Waals surface area contributed by atoms with Crippen molar-refractivity contribution in [1.82, 2.24) is 14.9 Å². The van der Waals surface area contributed by atoms with Gasteiger partial charge in [-0.15, -0.1) is 0 Å². The summed E-state index contributed by atoms with van der Waals surface area (Å²) in [5, 5.41) is 3.35. The zero-order valence-electron chi connectivity index (χ0n) is 11.4. The molecule has 1 N–H and O–H groups in total. The Morgan fingerprint density at radius 3 is 2.56 bits per heavy atom. The largest absolute Gasteiger partial charge is 0.327 e. The smallest absolute Gasteiger partial charge is 0.106 e. The summed E-state index contributed by atoms with van der Waals surface area (Å²) in [6, 6.07) is 8.69. The summed E-state index contributed by atoms with van der Waals surface area (Å²) in [5.74, 6) is 1.07. The fourth-order valence-electron chi connectivity index (χ4n) is 2.00. The summed E-state index contributed by atoms with van der Waals surface area (Å²) in [5.41, 5.74) is 3.86. The van der Waals surface area contributed by atoms with Gasteiger partial charge in [0.2, 0.25) is 0 Å². The second kappa shape index (κ2) is 5.83. The Labute approximate surface area is 109 Å². The van der Waals surface area contributed by atoms with E-state index in [0.29, 0.717) is 0 Å². The lowest BCUT2D eigenvalue weighted by molar-refractivity contribution is 0.646. The first-order valence-corrected chi connectivity index (χ1v) is 6.48. The molecule has 1 aromatic heterocycles. The molecular formula is C15H21N3. The van der Waals surface area contributed by atoms with E-state index in [0.717, 1.165) is 25.5 Å². The van der Waals surface area contributed by atoms with Crippen LogP contribution in [0.3, 0.4) is 0 Å². The third-order valence-electron chi connectivity index (χ3n) is 3.16. The quantitative estimate of drug-likeness (QED) is 0.875. The highest BCUT2D eigenvalue weighted by atomic mass is 15.1. The highest BCUT2D eigenvalue weighted by molar-refractivity contribution is 5.22. The van der Waals surface area contributed by atoms with E-state index < -0.39 is 0 Å². The van der Waals surface area contributed by atoms with Crippen LogP contribution in [0.5, 0.6) is 0 Å². The molecule has 0 atom stereocenters. The molecule has 0 unspecified atom stereocenters. The Balaban J connectivity index is 2.17. The van der Waals surface area contributed by atoms with Crippen LogP contribution >= 0.6 is 0 Å². The Morgan fingerprint density at radius 2 is 1.89 bits per heavy atom. The zero-order chi connectivity index (χ0) is 13.0. The van der Waals surface area contributed by atoms with Crippen LogP contribution in [0.15, 0.2) is 30.5 Å². The summed E-state index contributed by atoms with van der Waals surface area (Å²) in [7, 11) is 0. The van der Waals surface area contributed by atoms with E-state index >= 15 is 0 Å². The molecule has 3 heteroatoms. The van der Waals surface area contributed by atoms with E-state index in [4.69, 9.17) is 0 Å². The van der Waals surface area contributed by atoms with Gasteiger partial charge in [0.15, 0.2) is 0 Å². The van der Waals surface area contributed by atoms with Gasteiger partial charge < -0.3 is 9.88 Å². The molecule has 0 saturated heterocycles. The van der Waals surface area contributed by atoms with Gasteiger partial charge in [0.05, 0.1) is 5.69 Å². The van der Waals surface area contributed by atoms with Crippen molar-refractivity contribution in [3.63, 3.8) is 0 Å². The van der Waals surface area contributed by atoms with Crippen LogP contribution in [0, 0.1) is 13.8 Å². The average Bonchev–Trinajstić information content (AvgIpc) is 2.71. The molecule has 0 radical (unpaired) electrons. The van der Waals surface area contributed by atoms with Gasteiger partial charge in [-0.05, 0) is 26.0 Å². The van der Waals surface area contributed by atoms with Crippen molar-refractivity contribution in [2.45, 2.75) is 33.9 Å². The van der Waals surface area contributed by atoms with Crippen molar-refractivity contribution >= 4 is 0 Å². The number of imidazole rings is 1. The molecule has 0 aliphatic heterocycles. The van der Waals surface area contributed by atoms with E-state index in [9.17, 15) is 0 Å². The second-order valence-electron chi connectivity index (χ2n) is 4.65. The third-order valence-corrected chi connectivity index (χ3v) is 3.16. The maximum Gasteiger partial charge on any atom is 0.106 e. The molecule has 96 valence electrons. The minimum Gasteiger partial charge on any atom is -0.327 e. The van der Waals surface area contributed by atoms with Crippen LogP contribution in [-0.4, -0.2) is 16.1 Å². The Bertz CT molecular complexity index is 497. The first-order chi connectivity index (χ1) is 8.70. The van der Waals surface area contributed by atoms with Crippen molar-refractivity contribution in [1.29, 1.82) is 0 Å². The minimum atomic E-state index is 0.878. The molecule has 0 amide bonds. The summed E-state index contributed by atoms with van der Waals surface area (Å²) < 4.78 is 2.27. The summed E-state index contributed by atoms with van der Waals surface area (Å²) in [6.45, 7) is 9.05. The Kier molecular flexibility index (Phi) is 4.15. The number of nitrogens with zero attached hydrogens (tertiary/aromatic N) is 2. The molecule has 0 fully saturated rings. The molecule has 0 spiro atoms. The lowest BCUT2D eigenvalue weighted by Gasteiger charge is -2.11. The van der Waals surface area contributed by atoms with E-state index in [2.05, 4.69) is 59.9 Å². The van der Waals surface area contributed by atoms with E-state index in [-0.39, 0.29) is 0 Å². The number of rotatable bonds is 5. The number of hydrogen-bond donors (Lipinski definition) is 1. The van der Waals surface area contributed by atoms with Crippen molar-refractivity contribution in [3.8, 4) is 0 Å². The molecular weight excluding hydrogens is 222 g/mol. The van der Waals surface area contributed by atoms with Crippen LogP contribution in [-0.2, 0) is 13.1 Å². The van der Waals surface area contributed by atoms with Gasteiger partial charge >= 0.3 is 0 Å². The highest BCUT2D eigenvalue weighted by Gasteiger charge is 2.06. The maximum absolute atomic E-state index is 4.41. The lowest BCUT2D eigenvalue weighted by atomic mass is 10.1. The molecule has 1 heterocycles. The van der Waals surface area contributed by atoms with Crippen LogP contribution in [0.25, 0.3) is 0 Å². The number of benzene rings is 1. The molecule has 0 saturated carbocycles. The fourth-order valence-corrected chi connectivity index (χ4v) is 2.00. The number of hydrogen-bond acceptors (Lipinski definition) is 2. The van der Waals surface area contributed by atoms with Gasteiger partial charge in [0.25, 0.3) is 0 Å². The molecule has 2 rings (SSSR count). The van der Waals surface area contributed by atoms with E-state index in [1.165, 1.54) is 16.8 Å². The van der Waals surface area contributed by atoms with E-state index in [1.54, 1.807) is 0 Å². The summed E-state index contributed by atoms with van der Waals surface area (Å²) in [6.07, 6.45) is 1.96. The number of nitrogens with one attached hydrogen (secondary N) is 1. The third kappa shape index (κ3) is 2.99. The summed E-state index contributed by atoms with van der Waals surface area (Å²) >= 11 is 0. The van der Waals surface area contributed by atoms with Crippen LogP contribution < -0.4 is 5.32 Å². The Hall–Kier alpha value is -1.61. The molecule has 1 aromatic carbocycles. The Morgan fingerprint density at radius 1 is 1.17 bits per heavy atom. The standard InChI is InChI=1S/C15H21N3/c1-4-16-9-15-10-17-13(3)18(15)11-14-7-5-12(2)6-8-14/h5-8,10,16H,4,9,11H2,1-3H3. The SMILES string of the molecule is CCNCc1cnc(C)n1Cc1ccc(C)cc1. The first-order valence-electron chi connectivity index (χ1n) is 6.48. The topological polar surface area (TPSA) is 29.9 Å². The molecule has 2 aromatic rings. The van der Waals surface area contributed by atoms with Crippen molar-refractivity contribution in [2.24, 2.45) is 0 Å². The van der Waals surface area contributed by atoms with Gasteiger partial charge in [-0.2, -0.15) is 0 Å². The van der Waals surface area contributed by atoms with Gasteiger partial charge in [-0.1, -0.05) is 36.8 Å². The zero-order valence-corrected chi connectivity index (χ0v) is 11.4. The molecule has 0 aliphatic carbocycles. The van der Waals surface area contributed by atoms with Gasteiger partial charge in [0, 0.05) is 19.3 Å². The van der Waals surface area contributed by atoms with Crippen LogP contribution in [0.4, 0.5) is 0 Å². The molecule has 3 nitrogen and oxygen atoms in total. The first kappa shape index (κ1) is 12.8. The van der Waals surface area contributed by atoms with E-state index in [1.807, 2.05) is 6.20 Å². The van der Waals surface area contributed by atoms with Crippen molar-refractivity contribution in [3.05, 3.63) is 53.1 Å². The predicted octanol–water partition coefficient (Wildman–Crippen LogP) is 2.66. The predicted molar refractivity (Wildman–Crippen MR) is 74.6 cm³/mol. The fraction of sp³-hybridized carbons (Fsp3) is 0.400. The highest BCUT2D eigenvalue weighted by Crippen LogP contribution is 2.10. The maximum atomic E-state index is 4.41. The summed E-state index contributed by atoms with van der Waals surface area (Å²) in [4.78, 5) is 4.41. The van der Waals surface area contributed by atoms with Crippen molar-refractivity contribution in [2.75, 3.05) is 6.54 Å². The minimum absolute atomic E-state index is 0.878.